The molecule has 1 aliphatic rings. The minimum atomic E-state index is -3.94. The van der Waals surface area contributed by atoms with E-state index in [1.165, 1.54) is 5.56 Å². The largest absolute Gasteiger partial charge is 0.285 e. The molecule has 1 saturated carbocycles. The predicted molar refractivity (Wildman–Crippen MR) is 82.9 cm³/mol. The SMILES string of the molecule is O=C(NS(=O)(=O)c1cn[nH]n1)C1CCC(c2ccccc2)CC1. The average molecular weight is 334 g/mol. The standard InChI is InChI=1S/C15H18N4O3S/c20-15(18-23(21,22)14-10-16-19-17-14)13-8-6-12(7-9-13)11-4-2-1-3-5-11/h1-5,10,12-13H,6-9H2,(H,18,20)(H,16,17,19). The highest BCUT2D eigenvalue weighted by Crippen LogP contribution is 2.35. The van der Waals surface area contributed by atoms with Gasteiger partial charge in [-0.15, -0.1) is 5.10 Å². The average Bonchev–Trinajstić information content (AvgIpc) is 3.11. The molecule has 0 atom stereocenters. The molecule has 1 aromatic heterocycles. The monoisotopic (exact) mass is 334 g/mol. The molecule has 0 aliphatic heterocycles. The third kappa shape index (κ3) is 3.58. The van der Waals surface area contributed by atoms with Crippen molar-refractivity contribution in [1.29, 1.82) is 0 Å². The van der Waals surface area contributed by atoms with E-state index >= 15 is 0 Å². The number of carbonyl (C=O) groups excluding carboxylic acids is 1. The van der Waals surface area contributed by atoms with Crippen molar-refractivity contribution in [3.63, 3.8) is 0 Å². The number of sulfonamides is 1. The summed E-state index contributed by atoms with van der Waals surface area (Å²) < 4.78 is 26.0. The summed E-state index contributed by atoms with van der Waals surface area (Å²) >= 11 is 0. The summed E-state index contributed by atoms with van der Waals surface area (Å²) in [4.78, 5) is 12.2. The molecule has 1 amide bonds. The summed E-state index contributed by atoms with van der Waals surface area (Å²) in [6.45, 7) is 0. The van der Waals surface area contributed by atoms with Gasteiger partial charge in [0.2, 0.25) is 10.9 Å². The van der Waals surface area contributed by atoms with Gasteiger partial charge in [0, 0.05) is 5.92 Å². The van der Waals surface area contributed by atoms with Gasteiger partial charge in [0.15, 0.2) is 0 Å². The molecule has 122 valence electrons. The van der Waals surface area contributed by atoms with Crippen molar-refractivity contribution in [3.05, 3.63) is 42.1 Å². The predicted octanol–water partition coefficient (Wildman–Crippen LogP) is 1.58. The van der Waals surface area contributed by atoms with Crippen molar-refractivity contribution in [2.45, 2.75) is 36.6 Å². The molecule has 0 unspecified atom stereocenters. The van der Waals surface area contributed by atoms with Gasteiger partial charge in [-0.2, -0.15) is 18.7 Å². The molecule has 8 heteroatoms. The fraction of sp³-hybridized carbons (Fsp3) is 0.400. The molecule has 7 nitrogen and oxygen atoms in total. The molecule has 3 rings (SSSR count). The van der Waals surface area contributed by atoms with Gasteiger partial charge in [-0.1, -0.05) is 30.3 Å². The number of hydrogen-bond acceptors (Lipinski definition) is 5. The lowest BCUT2D eigenvalue weighted by atomic mass is 9.78. The van der Waals surface area contributed by atoms with Crippen LogP contribution in [0.1, 0.15) is 37.2 Å². The molecule has 1 heterocycles. The summed E-state index contributed by atoms with van der Waals surface area (Å²) in [5, 5.41) is 8.89. The Balaban J connectivity index is 1.59. The first-order valence-electron chi connectivity index (χ1n) is 7.53. The van der Waals surface area contributed by atoms with Crippen molar-refractivity contribution in [1.82, 2.24) is 20.1 Å². The maximum Gasteiger partial charge on any atom is 0.285 e. The van der Waals surface area contributed by atoms with Crippen LogP contribution in [-0.4, -0.2) is 29.7 Å². The Kier molecular flexibility index (Phi) is 4.42. The van der Waals surface area contributed by atoms with E-state index in [0.717, 1.165) is 19.0 Å². The van der Waals surface area contributed by atoms with Crippen LogP contribution in [0.15, 0.2) is 41.6 Å². The molecular formula is C15H18N4O3S. The van der Waals surface area contributed by atoms with E-state index < -0.39 is 15.9 Å². The summed E-state index contributed by atoms with van der Waals surface area (Å²) in [6, 6.07) is 10.2. The lowest BCUT2D eigenvalue weighted by Crippen LogP contribution is -2.37. The number of aromatic amines is 1. The highest BCUT2D eigenvalue weighted by Gasteiger charge is 2.30. The fourth-order valence-corrected chi connectivity index (χ4v) is 3.89. The van der Waals surface area contributed by atoms with Gasteiger partial charge in [0.25, 0.3) is 10.0 Å². The second-order valence-corrected chi connectivity index (χ2v) is 7.37. The van der Waals surface area contributed by atoms with E-state index in [2.05, 4.69) is 32.3 Å². The van der Waals surface area contributed by atoms with Crippen molar-refractivity contribution in [3.8, 4) is 0 Å². The van der Waals surface area contributed by atoms with Gasteiger partial charge in [-0.3, -0.25) is 4.79 Å². The Hall–Kier alpha value is -2.22. The number of benzene rings is 1. The lowest BCUT2D eigenvalue weighted by molar-refractivity contribution is -0.124. The molecule has 1 aliphatic carbocycles. The van der Waals surface area contributed by atoms with E-state index in [1.54, 1.807) is 0 Å². The van der Waals surface area contributed by atoms with E-state index in [4.69, 9.17) is 0 Å². The Morgan fingerprint density at radius 2 is 1.83 bits per heavy atom. The van der Waals surface area contributed by atoms with Crippen LogP contribution >= 0.6 is 0 Å². The Morgan fingerprint density at radius 1 is 1.13 bits per heavy atom. The van der Waals surface area contributed by atoms with Gasteiger partial charge >= 0.3 is 0 Å². The second kappa shape index (κ2) is 6.49. The quantitative estimate of drug-likeness (QED) is 0.883. The number of hydrogen-bond donors (Lipinski definition) is 2. The van der Waals surface area contributed by atoms with Crippen LogP contribution in [-0.2, 0) is 14.8 Å². The lowest BCUT2D eigenvalue weighted by Gasteiger charge is -2.27. The summed E-state index contributed by atoms with van der Waals surface area (Å²) in [7, 11) is -3.94. The van der Waals surface area contributed by atoms with E-state index in [9.17, 15) is 13.2 Å². The first-order chi connectivity index (χ1) is 11.1. The minimum absolute atomic E-state index is 0.274. The van der Waals surface area contributed by atoms with Crippen LogP contribution in [0, 0.1) is 5.92 Å². The smallest absolute Gasteiger partial charge is 0.274 e. The number of amides is 1. The van der Waals surface area contributed by atoms with Crippen molar-refractivity contribution < 1.29 is 13.2 Å². The molecular weight excluding hydrogens is 316 g/mol. The van der Waals surface area contributed by atoms with Gasteiger partial charge in [-0.05, 0) is 37.2 Å². The first-order valence-corrected chi connectivity index (χ1v) is 9.02. The normalized spacial score (nSPS) is 21.7. The Morgan fingerprint density at radius 3 is 2.43 bits per heavy atom. The minimum Gasteiger partial charge on any atom is -0.274 e. The van der Waals surface area contributed by atoms with Crippen molar-refractivity contribution >= 4 is 15.9 Å². The van der Waals surface area contributed by atoms with Crippen LogP contribution in [0.25, 0.3) is 0 Å². The molecule has 1 fully saturated rings. The van der Waals surface area contributed by atoms with Crippen LogP contribution in [0.5, 0.6) is 0 Å². The Bertz CT molecular complexity index is 751. The van der Waals surface area contributed by atoms with Gasteiger partial charge in [0.1, 0.15) is 0 Å². The van der Waals surface area contributed by atoms with Gasteiger partial charge in [-0.25, -0.2) is 4.72 Å². The molecule has 23 heavy (non-hydrogen) atoms. The van der Waals surface area contributed by atoms with Crippen molar-refractivity contribution in [2.24, 2.45) is 5.92 Å². The number of carbonyl (C=O) groups is 1. The third-order valence-corrected chi connectivity index (χ3v) is 5.49. The van der Waals surface area contributed by atoms with Gasteiger partial charge in [0.05, 0.1) is 6.20 Å². The number of nitrogens with zero attached hydrogens (tertiary/aromatic N) is 2. The molecule has 0 spiro atoms. The Labute approximate surface area is 134 Å². The summed E-state index contributed by atoms with van der Waals surface area (Å²) in [5.41, 5.74) is 1.28. The van der Waals surface area contributed by atoms with Crippen LogP contribution in [0.4, 0.5) is 0 Å². The van der Waals surface area contributed by atoms with E-state index in [0.29, 0.717) is 18.8 Å². The molecule has 0 radical (unpaired) electrons. The zero-order valence-corrected chi connectivity index (χ0v) is 13.3. The van der Waals surface area contributed by atoms with Crippen LogP contribution in [0.3, 0.4) is 0 Å². The second-order valence-electron chi connectivity index (χ2n) is 5.74. The zero-order valence-electron chi connectivity index (χ0n) is 12.5. The van der Waals surface area contributed by atoms with Crippen LogP contribution < -0.4 is 4.72 Å². The van der Waals surface area contributed by atoms with E-state index in [-0.39, 0.29) is 10.9 Å². The topological polar surface area (TPSA) is 105 Å². The highest BCUT2D eigenvalue weighted by molar-refractivity contribution is 7.90. The van der Waals surface area contributed by atoms with Crippen molar-refractivity contribution in [2.75, 3.05) is 0 Å². The number of rotatable bonds is 4. The third-order valence-electron chi connectivity index (χ3n) is 4.27. The molecule has 2 aromatic rings. The highest BCUT2D eigenvalue weighted by atomic mass is 32.2. The molecule has 0 saturated heterocycles. The zero-order chi connectivity index (χ0) is 16.3. The van der Waals surface area contributed by atoms with Crippen LogP contribution in [0.2, 0.25) is 0 Å². The fourth-order valence-electron chi connectivity index (χ4n) is 3.00. The summed E-state index contributed by atoms with van der Waals surface area (Å²) in [6.07, 6.45) is 4.19. The molecule has 0 bridgehead atoms. The molecule has 1 aromatic carbocycles. The maximum absolute atomic E-state index is 12.2. The van der Waals surface area contributed by atoms with Gasteiger partial charge < -0.3 is 0 Å². The number of nitrogens with one attached hydrogen (secondary N) is 2. The maximum atomic E-state index is 12.2. The number of aromatic nitrogens is 3. The van der Waals surface area contributed by atoms with E-state index in [1.807, 2.05) is 18.2 Å². The number of H-pyrrole nitrogens is 1. The first kappa shape index (κ1) is 15.7. The summed E-state index contributed by atoms with van der Waals surface area (Å²) in [5.74, 6) is -0.302. The molecule has 2 N–H and O–H groups in total.